The van der Waals surface area contributed by atoms with E-state index in [-0.39, 0.29) is 17.9 Å². The molecule has 0 bridgehead atoms. The molecule has 0 aliphatic heterocycles. The number of hydrogen-bond acceptors (Lipinski definition) is 4. The zero-order valence-electron chi connectivity index (χ0n) is 25.5. The first-order valence-corrected chi connectivity index (χ1v) is 16.2. The molecule has 3 saturated carbocycles. The third kappa shape index (κ3) is 6.44. The fraction of sp³-hybridized carbons (Fsp3) is 0.556. The number of aliphatic hydroxyl groups is 1. The molecule has 1 unspecified atom stereocenters. The maximum Gasteiger partial charge on any atom is 0.230 e. The molecule has 3 fully saturated rings. The number of benzene rings is 2. The summed E-state index contributed by atoms with van der Waals surface area (Å²) in [5.74, 6) is 2.60. The number of rotatable bonds is 9. The summed E-state index contributed by atoms with van der Waals surface area (Å²) in [6, 6.07) is 15.7. The normalized spacial score (nSPS) is 25.1. The van der Waals surface area contributed by atoms with Gasteiger partial charge in [0.2, 0.25) is 5.91 Å². The van der Waals surface area contributed by atoms with E-state index in [4.69, 9.17) is 4.74 Å². The van der Waals surface area contributed by atoms with E-state index in [2.05, 4.69) is 70.3 Å². The van der Waals surface area contributed by atoms with Crippen LogP contribution in [-0.2, 0) is 4.79 Å². The van der Waals surface area contributed by atoms with E-state index < -0.39 is 0 Å². The molecule has 0 saturated heterocycles. The van der Waals surface area contributed by atoms with Gasteiger partial charge in [0, 0.05) is 29.9 Å². The Morgan fingerprint density at radius 2 is 1.76 bits per heavy atom. The minimum atomic E-state index is -0.296. The quantitative estimate of drug-likeness (QED) is 0.287. The molecule has 2 aromatic carbocycles. The lowest BCUT2D eigenvalue weighted by molar-refractivity contribution is -0.124. The van der Waals surface area contributed by atoms with E-state index in [0.717, 1.165) is 80.5 Å². The molecule has 224 valence electrons. The molecule has 1 heterocycles. The SMILES string of the molecule is COc1ccc(C2CCC(CN(C(=O)C3CCC(C(C)O)CC3)c3cccc(-c4cnn(C5CC5)c4)c3)CC2)cc1C. The van der Waals surface area contributed by atoms with E-state index in [1.54, 1.807) is 7.11 Å². The van der Waals surface area contributed by atoms with Crippen LogP contribution in [0.2, 0.25) is 0 Å². The van der Waals surface area contributed by atoms with Crippen LogP contribution in [0.25, 0.3) is 11.1 Å². The van der Waals surface area contributed by atoms with Crippen molar-refractivity contribution in [1.29, 1.82) is 0 Å². The largest absolute Gasteiger partial charge is 0.496 e. The van der Waals surface area contributed by atoms with E-state index in [1.807, 2.05) is 13.1 Å². The van der Waals surface area contributed by atoms with Crippen LogP contribution in [-0.4, -0.2) is 40.6 Å². The molecule has 0 spiro atoms. The number of anilines is 1. The maximum atomic E-state index is 14.2. The van der Waals surface area contributed by atoms with Gasteiger partial charge in [-0.2, -0.15) is 5.10 Å². The van der Waals surface area contributed by atoms with Gasteiger partial charge in [0.25, 0.3) is 0 Å². The van der Waals surface area contributed by atoms with Gasteiger partial charge in [-0.1, -0.05) is 24.3 Å². The van der Waals surface area contributed by atoms with Crippen LogP contribution in [0.1, 0.15) is 94.2 Å². The van der Waals surface area contributed by atoms with Crippen LogP contribution in [0.15, 0.2) is 54.9 Å². The zero-order valence-corrected chi connectivity index (χ0v) is 25.5. The highest BCUT2D eigenvalue weighted by Gasteiger charge is 2.34. The second kappa shape index (κ2) is 12.6. The van der Waals surface area contributed by atoms with Crippen molar-refractivity contribution in [2.45, 2.75) is 96.1 Å². The molecule has 3 aliphatic carbocycles. The molecule has 3 aliphatic rings. The number of methoxy groups -OCH3 is 1. The monoisotopic (exact) mass is 569 g/mol. The van der Waals surface area contributed by atoms with Crippen molar-refractivity contribution in [3.63, 3.8) is 0 Å². The van der Waals surface area contributed by atoms with Crippen molar-refractivity contribution in [2.24, 2.45) is 17.8 Å². The molecule has 6 heteroatoms. The van der Waals surface area contributed by atoms with E-state index in [0.29, 0.717) is 23.8 Å². The Kier molecular flexibility index (Phi) is 8.71. The summed E-state index contributed by atoms with van der Waals surface area (Å²) in [5, 5.41) is 14.7. The second-order valence-electron chi connectivity index (χ2n) is 13.2. The highest BCUT2D eigenvalue weighted by molar-refractivity contribution is 5.95. The second-order valence-corrected chi connectivity index (χ2v) is 13.2. The van der Waals surface area contributed by atoms with Gasteiger partial charge in [-0.3, -0.25) is 9.48 Å². The van der Waals surface area contributed by atoms with Gasteiger partial charge in [-0.15, -0.1) is 0 Å². The molecule has 1 N–H and O–H groups in total. The summed E-state index contributed by atoms with van der Waals surface area (Å²) in [6.45, 7) is 4.78. The summed E-state index contributed by atoms with van der Waals surface area (Å²) < 4.78 is 7.57. The first-order valence-electron chi connectivity index (χ1n) is 16.2. The lowest BCUT2D eigenvalue weighted by Gasteiger charge is -2.36. The van der Waals surface area contributed by atoms with E-state index >= 15 is 0 Å². The van der Waals surface area contributed by atoms with Crippen molar-refractivity contribution in [1.82, 2.24) is 9.78 Å². The molecule has 1 amide bonds. The minimum Gasteiger partial charge on any atom is -0.496 e. The third-order valence-electron chi connectivity index (χ3n) is 10.3. The lowest BCUT2D eigenvalue weighted by Crippen LogP contribution is -2.42. The van der Waals surface area contributed by atoms with Gasteiger partial charge in [0.1, 0.15) is 5.75 Å². The highest BCUT2D eigenvalue weighted by Crippen LogP contribution is 2.40. The van der Waals surface area contributed by atoms with Gasteiger partial charge in [0.15, 0.2) is 0 Å². The minimum absolute atomic E-state index is 0.0277. The van der Waals surface area contributed by atoms with Crippen LogP contribution in [0.4, 0.5) is 5.69 Å². The number of carbonyl (C=O) groups is 1. The molecule has 6 nitrogen and oxygen atoms in total. The number of aryl methyl sites for hydroxylation is 1. The van der Waals surface area contributed by atoms with Gasteiger partial charge in [-0.05, 0) is 131 Å². The Balaban J connectivity index is 1.19. The molecule has 0 radical (unpaired) electrons. The van der Waals surface area contributed by atoms with E-state index in [1.165, 1.54) is 24.0 Å². The topological polar surface area (TPSA) is 67.6 Å². The smallest absolute Gasteiger partial charge is 0.230 e. The predicted octanol–water partition coefficient (Wildman–Crippen LogP) is 7.70. The molecule has 1 aromatic heterocycles. The van der Waals surface area contributed by atoms with Gasteiger partial charge >= 0.3 is 0 Å². The number of ether oxygens (including phenoxy) is 1. The fourth-order valence-corrected chi connectivity index (χ4v) is 7.36. The Bertz CT molecular complexity index is 1360. The van der Waals surface area contributed by atoms with Gasteiger partial charge in [-0.25, -0.2) is 0 Å². The van der Waals surface area contributed by atoms with Crippen molar-refractivity contribution >= 4 is 11.6 Å². The lowest BCUT2D eigenvalue weighted by atomic mass is 9.77. The highest BCUT2D eigenvalue weighted by atomic mass is 16.5. The molecule has 1 atom stereocenters. The number of nitrogens with zero attached hydrogens (tertiary/aromatic N) is 3. The van der Waals surface area contributed by atoms with Gasteiger partial charge in [0.05, 0.1) is 25.5 Å². The van der Waals surface area contributed by atoms with Crippen LogP contribution < -0.4 is 9.64 Å². The van der Waals surface area contributed by atoms with Gasteiger partial charge < -0.3 is 14.7 Å². The number of hydrogen-bond donors (Lipinski definition) is 1. The Labute approximate surface area is 251 Å². The summed E-state index contributed by atoms with van der Waals surface area (Å²) in [5.41, 5.74) is 5.84. The first-order chi connectivity index (χ1) is 20.4. The Morgan fingerprint density at radius 3 is 2.43 bits per heavy atom. The number of carbonyl (C=O) groups excluding carboxylic acids is 1. The Morgan fingerprint density at radius 1 is 1.00 bits per heavy atom. The average Bonchev–Trinajstić information content (AvgIpc) is 3.75. The summed E-state index contributed by atoms with van der Waals surface area (Å²) >= 11 is 0. The molecule has 6 rings (SSSR count). The first kappa shape index (κ1) is 29.0. The molecular formula is C36H47N3O3. The van der Waals surface area contributed by atoms with Crippen molar-refractivity contribution in [3.05, 3.63) is 66.0 Å². The number of amides is 1. The molecule has 42 heavy (non-hydrogen) atoms. The van der Waals surface area contributed by atoms with Crippen LogP contribution in [0.3, 0.4) is 0 Å². The van der Waals surface area contributed by atoms with Crippen molar-refractivity contribution in [3.8, 4) is 16.9 Å². The number of aromatic nitrogens is 2. The zero-order chi connectivity index (χ0) is 29.2. The fourth-order valence-electron chi connectivity index (χ4n) is 7.36. The standard InChI is InChI=1S/C36H47N3O3/c1-24-19-31(15-18-35(24)42-3)28-9-7-26(8-10-28)22-38(36(41)29-13-11-27(12-14-29)25(2)40)34-6-4-5-30(20-34)32-21-37-39(23-32)33-16-17-33/h4-6,15,18-21,23,25-29,33,40H,7-14,16-17,22H2,1-3H3. The third-order valence-corrected chi connectivity index (χ3v) is 10.3. The van der Waals surface area contributed by atoms with Crippen LogP contribution in [0.5, 0.6) is 5.75 Å². The maximum absolute atomic E-state index is 14.2. The molecule has 3 aromatic rings. The summed E-state index contributed by atoms with van der Waals surface area (Å²) in [6.07, 6.45) is 14.4. The average molecular weight is 570 g/mol. The summed E-state index contributed by atoms with van der Waals surface area (Å²) in [7, 11) is 1.73. The van der Waals surface area contributed by atoms with Crippen molar-refractivity contribution < 1.29 is 14.6 Å². The summed E-state index contributed by atoms with van der Waals surface area (Å²) in [4.78, 5) is 16.3. The number of aliphatic hydroxyl groups excluding tert-OH is 1. The predicted molar refractivity (Wildman–Crippen MR) is 168 cm³/mol. The van der Waals surface area contributed by atoms with Crippen molar-refractivity contribution in [2.75, 3.05) is 18.6 Å². The van der Waals surface area contributed by atoms with E-state index in [9.17, 15) is 9.90 Å². The molecular weight excluding hydrogens is 522 g/mol. The van der Waals surface area contributed by atoms with Crippen LogP contribution >= 0.6 is 0 Å². The Hall–Kier alpha value is -3.12. The van der Waals surface area contributed by atoms with Crippen LogP contribution in [0, 0.1) is 24.7 Å².